The molecule has 0 bridgehead atoms. The Morgan fingerprint density at radius 2 is 1.56 bits per heavy atom. The molecule has 240 valence electrons. The molecule has 1 N–H and O–H groups in total. The standard InChI is InChI=1S/C30H33Cl2N5O6S2/c31-20-44(38,39)25-14-24(15-26(16-25)45(40,41)21-32)35-10-12-36(13-11-35)29-34-28(27-8-4-5-9-33-27)18-37(29)30(19-42-22-43-30)17-23-6-2-1-3-7-23/h1-9,14-16,18,29,34H,10-13,17,19-22H2. The van der Waals surface area contributed by atoms with Crippen LogP contribution < -0.4 is 10.2 Å². The van der Waals surface area contributed by atoms with Crippen molar-refractivity contribution in [2.75, 3.05) is 54.9 Å². The van der Waals surface area contributed by atoms with E-state index in [-0.39, 0.29) is 22.9 Å². The van der Waals surface area contributed by atoms with Gasteiger partial charge in [-0.25, -0.2) is 16.8 Å². The minimum absolute atomic E-state index is 0.157. The quantitative estimate of drug-likeness (QED) is 0.315. The third-order valence-corrected chi connectivity index (χ3v) is 12.4. The SMILES string of the molecule is O=S(=O)(CCl)c1cc(N2CCN(C3NC(c4ccccn4)=CN3C3(Cc4ccccc4)COCO3)CC2)cc(S(=O)(=O)CCl)c1. The topological polar surface area (TPSA) is 121 Å². The van der Waals surface area contributed by atoms with E-state index in [4.69, 9.17) is 32.7 Å². The summed E-state index contributed by atoms with van der Waals surface area (Å²) in [4.78, 5) is 10.7. The van der Waals surface area contributed by atoms with Gasteiger partial charge in [-0.2, -0.15) is 0 Å². The monoisotopic (exact) mass is 693 g/mol. The molecule has 4 heterocycles. The number of anilines is 1. The summed E-state index contributed by atoms with van der Waals surface area (Å²) in [6, 6.07) is 20.0. The number of aromatic nitrogens is 1. The van der Waals surface area contributed by atoms with Crippen molar-refractivity contribution in [2.24, 2.45) is 0 Å². The molecule has 3 aromatic rings. The molecular formula is C30H33Cl2N5O6S2. The highest BCUT2D eigenvalue weighted by Crippen LogP contribution is 2.36. The fourth-order valence-electron chi connectivity index (χ4n) is 5.83. The first-order valence-electron chi connectivity index (χ1n) is 14.3. The number of piperazine rings is 1. The zero-order chi connectivity index (χ0) is 31.7. The smallest absolute Gasteiger partial charge is 0.192 e. The van der Waals surface area contributed by atoms with Gasteiger partial charge < -0.3 is 24.6 Å². The predicted molar refractivity (Wildman–Crippen MR) is 172 cm³/mol. The number of sulfone groups is 2. The number of pyridine rings is 1. The van der Waals surface area contributed by atoms with Crippen molar-refractivity contribution in [1.82, 2.24) is 20.1 Å². The average Bonchev–Trinajstić information content (AvgIpc) is 3.74. The maximum atomic E-state index is 12.7. The van der Waals surface area contributed by atoms with E-state index in [1.807, 2.05) is 47.5 Å². The van der Waals surface area contributed by atoms with Crippen molar-refractivity contribution in [3.05, 3.63) is 90.4 Å². The lowest BCUT2D eigenvalue weighted by molar-refractivity contribution is -0.135. The van der Waals surface area contributed by atoms with E-state index in [1.165, 1.54) is 12.1 Å². The third kappa shape index (κ3) is 6.66. The molecule has 0 amide bonds. The zero-order valence-corrected chi connectivity index (χ0v) is 27.4. The second kappa shape index (κ2) is 13.1. The van der Waals surface area contributed by atoms with Crippen LogP contribution in [0.1, 0.15) is 11.3 Å². The van der Waals surface area contributed by atoms with Crippen LogP contribution in [0.5, 0.6) is 0 Å². The molecule has 45 heavy (non-hydrogen) atoms. The lowest BCUT2D eigenvalue weighted by Gasteiger charge is -2.47. The fraction of sp³-hybridized carbons (Fsp3) is 0.367. The second-order valence-corrected chi connectivity index (χ2v) is 16.2. The lowest BCUT2D eigenvalue weighted by Crippen LogP contribution is -2.64. The van der Waals surface area contributed by atoms with E-state index in [1.54, 1.807) is 6.20 Å². The van der Waals surface area contributed by atoms with E-state index in [2.05, 4.69) is 32.2 Å². The van der Waals surface area contributed by atoms with E-state index < -0.39 is 35.8 Å². The van der Waals surface area contributed by atoms with Gasteiger partial charge in [0.1, 0.15) is 17.2 Å². The first-order valence-corrected chi connectivity index (χ1v) is 18.7. The Morgan fingerprint density at radius 3 is 2.13 bits per heavy atom. The van der Waals surface area contributed by atoms with Crippen molar-refractivity contribution in [1.29, 1.82) is 0 Å². The van der Waals surface area contributed by atoms with Gasteiger partial charge in [0, 0.05) is 50.7 Å². The molecule has 0 saturated carbocycles. The van der Waals surface area contributed by atoms with Crippen molar-refractivity contribution < 1.29 is 26.3 Å². The minimum atomic E-state index is -3.89. The highest BCUT2D eigenvalue weighted by atomic mass is 35.5. The van der Waals surface area contributed by atoms with E-state index >= 15 is 0 Å². The highest BCUT2D eigenvalue weighted by Gasteiger charge is 2.48. The largest absolute Gasteiger partial charge is 0.369 e. The van der Waals surface area contributed by atoms with Crippen LogP contribution in [0.4, 0.5) is 5.69 Å². The Hall–Kier alpha value is -2.91. The number of nitrogens with one attached hydrogen (secondary N) is 1. The maximum absolute atomic E-state index is 12.7. The van der Waals surface area contributed by atoms with Crippen LogP contribution in [-0.2, 0) is 35.6 Å². The van der Waals surface area contributed by atoms with Gasteiger partial charge >= 0.3 is 0 Å². The molecule has 2 saturated heterocycles. The number of rotatable bonds is 10. The fourth-order valence-corrected chi connectivity index (χ4v) is 8.12. The third-order valence-electron chi connectivity index (χ3n) is 8.18. The summed E-state index contributed by atoms with van der Waals surface area (Å²) in [7, 11) is -7.78. The molecule has 0 spiro atoms. The molecule has 15 heteroatoms. The lowest BCUT2D eigenvalue weighted by atomic mass is 10.0. The van der Waals surface area contributed by atoms with Gasteiger partial charge in [-0.05, 0) is 35.9 Å². The van der Waals surface area contributed by atoms with Gasteiger partial charge in [0.15, 0.2) is 31.7 Å². The zero-order valence-electron chi connectivity index (χ0n) is 24.3. The summed E-state index contributed by atoms with van der Waals surface area (Å²) < 4.78 is 62.8. The van der Waals surface area contributed by atoms with E-state index in [0.717, 1.165) is 23.0 Å². The van der Waals surface area contributed by atoms with Crippen LogP contribution in [0, 0.1) is 0 Å². The van der Waals surface area contributed by atoms with Gasteiger partial charge in [0.25, 0.3) is 0 Å². The summed E-state index contributed by atoms with van der Waals surface area (Å²) >= 11 is 11.4. The van der Waals surface area contributed by atoms with E-state index in [0.29, 0.717) is 44.9 Å². The van der Waals surface area contributed by atoms with Crippen LogP contribution in [0.15, 0.2) is 88.9 Å². The Labute approximate surface area is 273 Å². The summed E-state index contributed by atoms with van der Waals surface area (Å²) in [6.07, 6.45) is 4.09. The van der Waals surface area contributed by atoms with Crippen molar-refractivity contribution in [2.45, 2.75) is 28.2 Å². The highest BCUT2D eigenvalue weighted by molar-refractivity contribution is 7.93. The first-order chi connectivity index (χ1) is 21.6. The molecule has 11 nitrogen and oxygen atoms in total. The van der Waals surface area contributed by atoms with Gasteiger partial charge in [0.2, 0.25) is 0 Å². The number of alkyl halides is 2. The summed E-state index contributed by atoms with van der Waals surface area (Å²) in [5.74, 6) is 0. The summed E-state index contributed by atoms with van der Waals surface area (Å²) in [6.45, 7) is 2.68. The molecule has 0 aliphatic carbocycles. The number of hydrogen-bond acceptors (Lipinski definition) is 11. The average molecular weight is 695 g/mol. The van der Waals surface area contributed by atoms with Crippen LogP contribution in [0.2, 0.25) is 0 Å². The van der Waals surface area contributed by atoms with Gasteiger partial charge in [0.05, 0.1) is 27.8 Å². The van der Waals surface area contributed by atoms with E-state index in [9.17, 15) is 16.8 Å². The molecule has 2 fully saturated rings. The number of nitrogens with zero attached hydrogens (tertiary/aromatic N) is 4. The number of benzene rings is 2. The van der Waals surface area contributed by atoms with Crippen molar-refractivity contribution >= 4 is 54.3 Å². The Balaban J connectivity index is 1.28. The van der Waals surface area contributed by atoms with Crippen LogP contribution in [0.3, 0.4) is 0 Å². The van der Waals surface area contributed by atoms with Gasteiger partial charge in [-0.3, -0.25) is 9.88 Å². The summed E-state index contributed by atoms with van der Waals surface area (Å²) in [5.41, 5.74) is 2.45. The van der Waals surface area contributed by atoms with Crippen LogP contribution in [-0.4, -0.2) is 93.6 Å². The minimum Gasteiger partial charge on any atom is -0.369 e. The van der Waals surface area contributed by atoms with Crippen molar-refractivity contribution in [3.63, 3.8) is 0 Å². The molecule has 2 atom stereocenters. The normalized spacial score (nSPS) is 22.8. The predicted octanol–water partition coefficient (Wildman–Crippen LogP) is 3.27. The molecule has 3 aliphatic rings. The molecule has 0 radical (unpaired) electrons. The number of hydrogen-bond donors (Lipinski definition) is 1. The van der Waals surface area contributed by atoms with Crippen molar-refractivity contribution in [3.8, 4) is 0 Å². The number of halogens is 2. The molecule has 6 rings (SSSR count). The van der Waals surface area contributed by atoms with Crippen LogP contribution >= 0.6 is 23.2 Å². The van der Waals surface area contributed by atoms with Gasteiger partial charge in [-0.15, -0.1) is 23.2 Å². The molecular weight excluding hydrogens is 661 g/mol. The maximum Gasteiger partial charge on any atom is 0.192 e. The molecule has 3 aliphatic heterocycles. The molecule has 1 aromatic heterocycles. The molecule has 2 unspecified atom stereocenters. The Bertz CT molecular complexity index is 1700. The van der Waals surface area contributed by atoms with Gasteiger partial charge in [-0.1, -0.05) is 36.4 Å². The number of ether oxygens (including phenoxy) is 2. The Kier molecular flexibility index (Phi) is 9.31. The summed E-state index contributed by atoms with van der Waals surface area (Å²) in [5, 5.41) is 2.31. The van der Waals surface area contributed by atoms with Crippen LogP contribution in [0.25, 0.3) is 5.70 Å². The molecule has 2 aromatic carbocycles. The first kappa shape index (κ1) is 32.0. The Morgan fingerprint density at radius 1 is 0.889 bits per heavy atom. The second-order valence-electron chi connectivity index (χ2n) is 11.0.